The van der Waals surface area contributed by atoms with Crippen molar-refractivity contribution in [3.05, 3.63) is 65.2 Å². The van der Waals surface area contributed by atoms with Gasteiger partial charge in [0.15, 0.2) is 0 Å². The number of thioether (sulfide) groups is 1. The van der Waals surface area contributed by atoms with E-state index in [1.165, 1.54) is 0 Å². The molecule has 2 aromatic carbocycles. The van der Waals surface area contributed by atoms with Gasteiger partial charge in [-0.1, -0.05) is 24.3 Å². The summed E-state index contributed by atoms with van der Waals surface area (Å²) in [4.78, 5) is 22.9. The van der Waals surface area contributed by atoms with E-state index >= 15 is 0 Å². The van der Waals surface area contributed by atoms with E-state index in [4.69, 9.17) is 14.1 Å². The summed E-state index contributed by atoms with van der Waals surface area (Å²) in [6.45, 7) is -0.133. The summed E-state index contributed by atoms with van der Waals surface area (Å²) in [5.41, 5.74) is -0.0157. The predicted molar refractivity (Wildman–Crippen MR) is 114 cm³/mol. The van der Waals surface area contributed by atoms with Crippen LogP contribution in [0.4, 0.5) is 18.0 Å². The minimum Gasteiger partial charge on any atom is -0.490 e. The molecule has 3 rings (SSSR count). The number of ether oxygens (including phenoxy) is 1. The number of amides is 1. The van der Waals surface area contributed by atoms with Gasteiger partial charge in [0, 0.05) is 6.54 Å². The average molecular weight is 505 g/mol. The highest BCUT2D eigenvalue weighted by Gasteiger charge is 2.39. The normalized spacial score (nSPS) is 19.7. The largest absolute Gasteiger partial charge is 0.490 e. The zero-order valence-electron chi connectivity index (χ0n) is 16.9. The molecule has 2 unspecified atom stereocenters. The van der Waals surface area contributed by atoms with E-state index in [0.29, 0.717) is 12.2 Å². The quantitative estimate of drug-likeness (QED) is 0.503. The van der Waals surface area contributed by atoms with E-state index < -0.39 is 32.9 Å². The lowest BCUT2D eigenvalue weighted by Gasteiger charge is -2.19. The van der Waals surface area contributed by atoms with E-state index in [1.807, 2.05) is 0 Å². The molecule has 1 heterocycles. The molecule has 0 spiro atoms. The predicted octanol–water partition coefficient (Wildman–Crippen LogP) is 2.98. The molecule has 3 N–H and O–H groups in total. The molecule has 8 nitrogen and oxygen atoms in total. The highest BCUT2D eigenvalue weighted by molar-refractivity contribution is 8.15. The van der Waals surface area contributed by atoms with Gasteiger partial charge in [-0.05, 0) is 53.6 Å². The van der Waals surface area contributed by atoms with Crippen LogP contribution in [0.5, 0.6) is 5.75 Å². The number of hydrogen-bond donors (Lipinski definition) is 2. The first-order valence-electron chi connectivity index (χ1n) is 9.42. The molecule has 0 aliphatic carbocycles. The van der Waals surface area contributed by atoms with Crippen LogP contribution in [0.25, 0.3) is 0 Å². The van der Waals surface area contributed by atoms with Crippen molar-refractivity contribution >= 4 is 33.6 Å². The van der Waals surface area contributed by atoms with Crippen LogP contribution in [0.2, 0.25) is 0 Å². The summed E-state index contributed by atoms with van der Waals surface area (Å²) >= 11 is 0.927. The minimum absolute atomic E-state index is 0.122. The standard InChI is InChI=1S/C20H19F3N2O6S2/c21-20(22,23)15-5-3-14(4-6-15)17(31-33(24,28)29)10-30-16-7-1-13(2-8-16)9-19(12-26)11-25-18(27)32-19/h1-8,12,17H,9-11H2,(H,25,27)(H2,24,28,29). The topological polar surface area (TPSA) is 125 Å². The van der Waals surface area contributed by atoms with Crippen LogP contribution in [-0.4, -0.2) is 37.8 Å². The minimum atomic E-state index is -4.55. The van der Waals surface area contributed by atoms with E-state index in [1.54, 1.807) is 24.3 Å². The van der Waals surface area contributed by atoms with Crippen LogP contribution >= 0.6 is 11.8 Å². The first kappa shape index (κ1) is 25.0. The summed E-state index contributed by atoms with van der Waals surface area (Å²) < 4.78 is 70.6. The Morgan fingerprint density at radius 2 is 1.79 bits per heavy atom. The number of hydrogen-bond acceptors (Lipinski definition) is 7. The van der Waals surface area contributed by atoms with Crippen LogP contribution in [-0.2, 0) is 31.9 Å². The van der Waals surface area contributed by atoms with Gasteiger partial charge in [-0.15, -0.1) is 0 Å². The Labute approximate surface area is 191 Å². The Bertz CT molecular complexity index is 1110. The maximum atomic E-state index is 12.8. The van der Waals surface area contributed by atoms with Gasteiger partial charge in [-0.2, -0.15) is 21.6 Å². The molecule has 13 heteroatoms. The molecular formula is C20H19F3N2O6S2. The first-order valence-corrected chi connectivity index (χ1v) is 11.7. The molecule has 178 valence electrons. The fourth-order valence-corrected chi connectivity index (χ4v) is 4.57. The third-order valence-corrected chi connectivity index (χ3v) is 6.35. The summed E-state index contributed by atoms with van der Waals surface area (Å²) in [5.74, 6) is 0.321. The van der Waals surface area contributed by atoms with E-state index in [0.717, 1.165) is 47.9 Å². The summed E-state index contributed by atoms with van der Waals surface area (Å²) in [7, 11) is -4.42. The van der Waals surface area contributed by atoms with Crippen LogP contribution in [0.3, 0.4) is 0 Å². The average Bonchev–Trinajstić information content (AvgIpc) is 3.12. The Morgan fingerprint density at radius 3 is 2.27 bits per heavy atom. The summed E-state index contributed by atoms with van der Waals surface area (Å²) in [6, 6.07) is 10.3. The smallest absolute Gasteiger partial charge is 0.416 e. The number of nitrogens with one attached hydrogen (secondary N) is 1. The molecule has 1 aliphatic heterocycles. The number of alkyl halides is 3. The third kappa shape index (κ3) is 6.93. The third-order valence-electron chi connectivity index (χ3n) is 4.73. The fraction of sp³-hybridized carbons (Fsp3) is 0.300. The number of carbonyl (C=O) groups excluding carboxylic acids is 2. The van der Waals surface area contributed by atoms with Gasteiger partial charge < -0.3 is 14.8 Å². The van der Waals surface area contributed by atoms with Crippen molar-refractivity contribution in [3.63, 3.8) is 0 Å². The van der Waals surface area contributed by atoms with Crippen LogP contribution < -0.4 is 15.2 Å². The Hall–Kier alpha value is -2.61. The Morgan fingerprint density at radius 1 is 1.15 bits per heavy atom. The summed E-state index contributed by atoms with van der Waals surface area (Å²) in [5, 5.41) is 7.26. The van der Waals surface area contributed by atoms with Gasteiger partial charge in [0.2, 0.25) is 0 Å². The van der Waals surface area contributed by atoms with Crippen LogP contribution in [0.1, 0.15) is 22.8 Å². The lowest BCUT2D eigenvalue weighted by atomic mass is 9.99. The van der Waals surface area contributed by atoms with E-state index in [9.17, 15) is 31.2 Å². The first-order chi connectivity index (χ1) is 15.4. The van der Waals surface area contributed by atoms with Crippen molar-refractivity contribution in [1.82, 2.24) is 5.32 Å². The van der Waals surface area contributed by atoms with Crippen molar-refractivity contribution in [1.29, 1.82) is 0 Å². The zero-order chi connectivity index (χ0) is 24.3. The molecule has 0 saturated carbocycles. The molecule has 1 saturated heterocycles. The van der Waals surface area contributed by atoms with Gasteiger partial charge in [0.05, 0.1) is 5.56 Å². The van der Waals surface area contributed by atoms with Gasteiger partial charge >= 0.3 is 16.5 Å². The number of nitrogens with two attached hydrogens (primary N) is 1. The van der Waals surface area contributed by atoms with E-state index in [2.05, 4.69) is 5.32 Å². The fourth-order valence-electron chi connectivity index (χ4n) is 3.13. The molecule has 1 aliphatic rings. The zero-order valence-corrected chi connectivity index (χ0v) is 18.5. The lowest BCUT2D eigenvalue weighted by molar-refractivity contribution is -0.137. The molecule has 2 aromatic rings. The molecule has 33 heavy (non-hydrogen) atoms. The monoisotopic (exact) mass is 504 g/mol. The number of halogens is 3. The molecule has 0 aromatic heterocycles. The van der Waals surface area contributed by atoms with Gasteiger partial charge in [0.25, 0.3) is 5.24 Å². The summed E-state index contributed by atoms with van der Waals surface area (Å²) in [6.07, 6.45) is -4.79. The van der Waals surface area contributed by atoms with Gasteiger partial charge in [-0.3, -0.25) is 4.79 Å². The van der Waals surface area contributed by atoms with Gasteiger partial charge in [-0.25, -0.2) is 9.32 Å². The van der Waals surface area contributed by atoms with Crippen molar-refractivity contribution in [3.8, 4) is 5.75 Å². The maximum Gasteiger partial charge on any atom is 0.416 e. The molecule has 1 amide bonds. The van der Waals surface area contributed by atoms with Crippen molar-refractivity contribution in [2.45, 2.75) is 23.4 Å². The molecule has 1 fully saturated rings. The number of rotatable bonds is 9. The Kier molecular flexibility index (Phi) is 7.36. The van der Waals surface area contributed by atoms with Crippen molar-refractivity contribution in [2.24, 2.45) is 5.14 Å². The van der Waals surface area contributed by atoms with Crippen LogP contribution in [0, 0.1) is 0 Å². The van der Waals surface area contributed by atoms with E-state index in [-0.39, 0.29) is 24.0 Å². The number of benzene rings is 2. The molecular weight excluding hydrogens is 485 g/mol. The second-order valence-electron chi connectivity index (χ2n) is 7.25. The second-order valence-corrected chi connectivity index (χ2v) is 9.82. The highest BCUT2D eigenvalue weighted by atomic mass is 32.2. The molecule has 0 bridgehead atoms. The van der Waals surface area contributed by atoms with Crippen LogP contribution in [0.15, 0.2) is 48.5 Å². The number of carbonyl (C=O) groups is 2. The molecule has 0 radical (unpaired) electrons. The second kappa shape index (κ2) is 9.71. The molecule has 2 atom stereocenters. The Balaban J connectivity index is 1.69. The van der Waals surface area contributed by atoms with Crippen molar-refractivity contribution in [2.75, 3.05) is 13.2 Å². The highest BCUT2D eigenvalue weighted by Crippen LogP contribution is 2.33. The SMILES string of the molecule is NS(=O)(=O)OC(COc1ccc(CC2(C=O)CNC(=O)S2)cc1)c1ccc(C(F)(F)F)cc1. The number of aldehydes is 1. The van der Waals surface area contributed by atoms with Crippen molar-refractivity contribution < 1.29 is 40.1 Å². The maximum absolute atomic E-state index is 12.8. The lowest BCUT2D eigenvalue weighted by Crippen LogP contribution is -2.33. The van der Waals surface area contributed by atoms with Gasteiger partial charge in [0.1, 0.15) is 29.5 Å².